The molecular weight excluding hydrogens is 538 g/mol. The Morgan fingerprint density at radius 1 is 0.814 bits per heavy atom. The third-order valence-corrected chi connectivity index (χ3v) is 8.73. The molecule has 0 N–H and O–H groups in total. The highest BCUT2D eigenvalue weighted by Crippen LogP contribution is 2.40. The fourth-order valence-corrected chi connectivity index (χ4v) is 6.13. The summed E-state index contributed by atoms with van der Waals surface area (Å²) in [5, 5.41) is 19.4. The largest absolute Gasteiger partial charge is 0.493 e. The Bertz CT molecular complexity index is 1160. The molecule has 2 atom stereocenters. The highest BCUT2D eigenvalue weighted by Gasteiger charge is 2.33. The Morgan fingerprint density at radius 3 is 2.16 bits per heavy atom. The standard InChI is InChI=1S/C36H53N3O4/c1-5-6-7-8-9-10-11-12-13-14-23-36(27-37,30-19-22-32(40-3)34(26-30)41-4)24-15-16-31(39-38-2)20-17-29-18-21-33-35(25-29)43-28-42-33/h18-19,21-22,25-26,31H,5-17,20,23-24,28H2,1-4H3. The van der Waals surface area contributed by atoms with Gasteiger partial charge in [0.05, 0.1) is 31.7 Å². The van der Waals surface area contributed by atoms with Crippen LogP contribution < -0.4 is 18.9 Å². The number of ether oxygens (including phenoxy) is 4. The highest BCUT2D eigenvalue weighted by molar-refractivity contribution is 5.47. The minimum absolute atomic E-state index is 0.106. The molecule has 7 nitrogen and oxygen atoms in total. The van der Waals surface area contributed by atoms with Crippen molar-refractivity contribution < 1.29 is 18.9 Å². The molecule has 0 bridgehead atoms. The van der Waals surface area contributed by atoms with Crippen molar-refractivity contribution in [3.63, 3.8) is 0 Å². The van der Waals surface area contributed by atoms with Crippen LogP contribution in [0.25, 0.3) is 0 Å². The second-order valence-corrected chi connectivity index (χ2v) is 11.8. The molecule has 3 rings (SSSR count). The fraction of sp³-hybridized carbons (Fsp3) is 0.639. The van der Waals surface area contributed by atoms with Gasteiger partial charge >= 0.3 is 0 Å². The summed E-state index contributed by atoms with van der Waals surface area (Å²) in [5.74, 6) is 2.97. The van der Waals surface area contributed by atoms with E-state index in [9.17, 15) is 5.26 Å². The van der Waals surface area contributed by atoms with Gasteiger partial charge in [-0.25, -0.2) is 0 Å². The molecule has 2 unspecified atom stereocenters. The lowest BCUT2D eigenvalue weighted by Crippen LogP contribution is -2.25. The van der Waals surface area contributed by atoms with Gasteiger partial charge in [0.25, 0.3) is 0 Å². The smallest absolute Gasteiger partial charge is 0.231 e. The van der Waals surface area contributed by atoms with Gasteiger partial charge in [-0.2, -0.15) is 15.5 Å². The van der Waals surface area contributed by atoms with Gasteiger partial charge in [0.1, 0.15) is 0 Å². The summed E-state index contributed by atoms with van der Waals surface area (Å²) < 4.78 is 22.1. The molecule has 2 aromatic carbocycles. The number of methoxy groups -OCH3 is 2. The maximum Gasteiger partial charge on any atom is 0.231 e. The lowest BCUT2D eigenvalue weighted by molar-refractivity contribution is 0.174. The molecule has 0 saturated heterocycles. The van der Waals surface area contributed by atoms with Gasteiger partial charge in [-0.1, -0.05) is 83.3 Å². The van der Waals surface area contributed by atoms with E-state index in [2.05, 4.69) is 35.4 Å². The average molecular weight is 592 g/mol. The lowest BCUT2D eigenvalue weighted by atomic mass is 9.73. The lowest BCUT2D eigenvalue weighted by Gasteiger charge is -2.28. The van der Waals surface area contributed by atoms with Crippen LogP contribution in [0.4, 0.5) is 0 Å². The molecule has 0 aromatic heterocycles. The first-order valence-corrected chi connectivity index (χ1v) is 16.4. The molecule has 43 heavy (non-hydrogen) atoms. The molecular formula is C36H53N3O4. The van der Waals surface area contributed by atoms with E-state index >= 15 is 0 Å². The molecule has 236 valence electrons. The summed E-state index contributed by atoms with van der Waals surface area (Å²) in [6.07, 6.45) is 17.9. The molecule has 1 aliphatic rings. The normalized spacial score (nSPS) is 14.4. The number of fused-ring (bicyclic) bond motifs is 1. The predicted molar refractivity (Wildman–Crippen MR) is 173 cm³/mol. The molecule has 0 aliphatic carbocycles. The number of benzene rings is 2. The fourth-order valence-electron chi connectivity index (χ4n) is 6.13. The third-order valence-electron chi connectivity index (χ3n) is 8.73. The third kappa shape index (κ3) is 10.7. The van der Waals surface area contributed by atoms with Crippen molar-refractivity contribution in [1.82, 2.24) is 0 Å². The van der Waals surface area contributed by atoms with Crippen molar-refractivity contribution in [2.24, 2.45) is 10.2 Å². The van der Waals surface area contributed by atoms with E-state index in [0.717, 1.165) is 68.4 Å². The number of nitriles is 1. The van der Waals surface area contributed by atoms with Gasteiger partial charge in [-0.3, -0.25) is 0 Å². The molecule has 0 spiro atoms. The van der Waals surface area contributed by atoms with Crippen molar-refractivity contribution in [3.8, 4) is 29.1 Å². The average Bonchev–Trinajstić information content (AvgIpc) is 3.51. The molecule has 2 aromatic rings. The van der Waals surface area contributed by atoms with Crippen LogP contribution >= 0.6 is 0 Å². The predicted octanol–water partition coefficient (Wildman–Crippen LogP) is 9.76. The first kappa shape index (κ1) is 34.2. The van der Waals surface area contributed by atoms with E-state index in [1.807, 2.05) is 24.3 Å². The summed E-state index contributed by atoms with van der Waals surface area (Å²) in [6.45, 7) is 2.55. The second kappa shape index (κ2) is 19.1. The van der Waals surface area contributed by atoms with Gasteiger partial charge in [0.2, 0.25) is 6.79 Å². The minimum atomic E-state index is -0.578. The zero-order valence-electron chi connectivity index (χ0n) is 27.0. The van der Waals surface area contributed by atoms with Crippen LogP contribution in [-0.4, -0.2) is 34.1 Å². The SMILES string of the molecule is CCCCCCCCCCCCC(C#N)(CCCC(CCc1ccc2c(c1)OCO2)N=NC)c1ccc(OC)c(OC)c1. The first-order valence-electron chi connectivity index (χ1n) is 16.4. The molecule has 0 amide bonds. The summed E-state index contributed by atoms with van der Waals surface area (Å²) in [6, 6.07) is 15.0. The number of hydrogen-bond donors (Lipinski definition) is 0. The number of rotatable bonds is 22. The highest BCUT2D eigenvalue weighted by atomic mass is 16.7. The molecule has 0 fully saturated rings. The van der Waals surface area contributed by atoms with E-state index in [-0.39, 0.29) is 12.8 Å². The summed E-state index contributed by atoms with van der Waals surface area (Å²) in [4.78, 5) is 0. The van der Waals surface area contributed by atoms with Crippen LogP contribution in [0.2, 0.25) is 0 Å². The molecule has 1 heterocycles. The molecule has 7 heteroatoms. The summed E-state index contributed by atoms with van der Waals surface area (Å²) >= 11 is 0. The van der Waals surface area contributed by atoms with Crippen LogP contribution in [0.15, 0.2) is 46.6 Å². The number of azo groups is 1. The van der Waals surface area contributed by atoms with E-state index in [1.54, 1.807) is 21.3 Å². The quantitative estimate of drug-likeness (QED) is 0.100. The van der Waals surface area contributed by atoms with Crippen LogP contribution in [0, 0.1) is 11.3 Å². The maximum absolute atomic E-state index is 10.7. The van der Waals surface area contributed by atoms with Crippen molar-refractivity contribution in [3.05, 3.63) is 47.5 Å². The molecule has 1 aliphatic heterocycles. The van der Waals surface area contributed by atoms with E-state index in [4.69, 9.17) is 18.9 Å². The topological polar surface area (TPSA) is 85.4 Å². The number of unbranched alkanes of at least 4 members (excludes halogenated alkanes) is 9. The van der Waals surface area contributed by atoms with Crippen molar-refractivity contribution >= 4 is 0 Å². The summed E-state index contributed by atoms with van der Waals surface area (Å²) in [7, 11) is 5.03. The van der Waals surface area contributed by atoms with Crippen molar-refractivity contribution in [2.75, 3.05) is 28.1 Å². The Hall–Kier alpha value is -3.27. The van der Waals surface area contributed by atoms with Crippen LogP contribution in [-0.2, 0) is 11.8 Å². The number of hydrogen-bond acceptors (Lipinski definition) is 7. The Kier molecular flexibility index (Phi) is 15.2. The van der Waals surface area contributed by atoms with Gasteiger partial charge in [-0.15, -0.1) is 0 Å². The molecule has 0 saturated carbocycles. The van der Waals surface area contributed by atoms with E-state index in [0.29, 0.717) is 11.5 Å². The van der Waals surface area contributed by atoms with Gasteiger partial charge in [0, 0.05) is 7.05 Å². The molecule has 0 radical (unpaired) electrons. The minimum Gasteiger partial charge on any atom is -0.493 e. The van der Waals surface area contributed by atoms with Crippen LogP contribution in [0.1, 0.15) is 114 Å². The van der Waals surface area contributed by atoms with Gasteiger partial charge in [-0.05, 0) is 73.9 Å². The number of aryl methyl sites for hydroxylation is 1. The zero-order valence-corrected chi connectivity index (χ0v) is 27.0. The van der Waals surface area contributed by atoms with Gasteiger partial charge in [0.15, 0.2) is 23.0 Å². The van der Waals surface area contributed by atoms with Crippen molar-refractivity contribution in [2.45, 2.75) is 121 Å². The Morgan fingerprint density at radius 2 is 1.49 bits per heavy atom. The zero-order chi connectivity index (χ0) is 30.8. The van der Waals surface area contributed by atoms with E-state index < -0.39 is 5.41 Å². The monoisotopic (exact) mass is 591 g/mol. The van der Waals surface area contributed by atoms with Crippen molar-refractivity contribution in [1.29, 1.82) is 5.26 Å². The van der Waals surface area contributed by atoms with Crippen LogP contribution in [0.5, 0.6) is 23.0 Å². The second-order valence-electron chi connectivity index (χ2n) is 11.8. The van der Waals surface area contributed by atoms with Crippen LogP contribution in [0.3, 0.4) is 0 Å². The van der Waals surface area contributed by atoms with E-state index in [1.165, 1.54) is 56.9 Å². The Balaban J connectivity index is 1.60. The number of nitrogens with zero attached hydrogens (tertiary/aromatic N) is 3. The first-order chi connectivity index (χ1) is 21.1. The summed E-state index contributed by atoms with van der Waals surface area (Å²) in [5.41, 5.74) is 1.64. The Labute approximate surface area is 260 Å². The maximum atomic E-state index is 10.7. The van der Waals surface area contributed by atoms with Gasteiger partial charge < -0.3 is 18.9 Å².